The predicted molar refractivity (Wildman–Crippen MR) is 77.2 cm³/mol. The second-order valence-electron chi connectivity index (χ2n) is 4.37. The predicted octanol–water partition coefficient (Wildman–Crippen LogP) is 1.14. The van der Waals surface area contributed by atoms with E-state index < -0.39 is 20.0 Å². The van der Waals surface area contributed by atoms with Crippen molar-refractivity contribution < 1.29 is 16.8 Å². The van der Waals surface area contributed by atoms with Gasteiger partial charge < -0.3 is 0 Å². The van der Waals surface area contributed by atoms with Crippen LogP contribution in [0.4, 0.5) is 0 Å². The lowest BCUT2D eigenvalue weighted by Crippen LogP contribution is -2.32. The zero-order valence-electron chi connectivity index (χ0n) is 11.6. The van der Waals surface area contributed by atoms with Gasteiger partial charge in [0.05, 0.1) is 9.79 Å². The number of primary sulfonamides is 1. The molecule has 0 fully saturated rings. The summed E-state index contributed by atoms with van der Waals surface area (Å²) in [6.07, 6.45) is 1.63. The number of benzene rings is 1. The first kappa shape index (κ1) is 17.1. The molecule has 0 saturated heterocycles. The Hall–Kier alpha value is -0.960. The summed E-state index contributed by atoms with van der Waals surface area (Å²) < 4.78 is 48.8. The second-order valence-corrected chi connectivity index (χ2v) is 7.87. The number of hydrogen-bond donors (Lipinski definition) is 1. The van der Waals surface area contributed by atoms with Gasteiger partial charge in [0.15, 0.2) is 0 Å². The summed E-state index contributed by atoms with van der Waals surface area (Å²) in [6, 6.07) is 5.12. The number of nitrogens with zero attached hydrogens (tertiary/aromatic N) is 1. The molecule has 0 aliphatic carbocycles. The monoisotopic (exact) mass is 320 g/mol. The number of hydrogen-bond acceptors (Lipinski definition) is 4. The lowest BCUT2D eigenvalue weighted by molar-refractivity contribution is 0.419. The molecular formula is C12H20N2O4S2. The fraction of sp³-hybridized carbons (Fsp3) is 0.500. The molecule has 1 aromatic carbocycles. The van der Waals surface area contributed by atoms with Crippen LogP contribution in [0.15, 0.2) is 34.1 Å². The van der Waals surface area contributed by atoms with Gasteiger partial charge in [-0.1, -0.05) is 26.3 Å². The Balaban J connectivity index is 3.21. The van der Waals surface area contributed by atoms with Crippen molar-refractivity contribution in [3.63, 3.8) is 0 Å². The normalized spacial score (nSPS) is 12.8. The Labute approximate surface area is 120 Å². The van der Waals surface area contributed by atoms with Crippen LogP contribution in [0.5, 0.6) is 0 Å². The first-order valence-corrected chi connectivity index (χ1v) is 9.35. The first-order valence-electron chi connectivity index (χ1n) is 6.36. The van der Waals surface area contributed by atoms with E-state index in [2.05, 4.69) is 0 Å². The van der Waals surface area contributed by atoms with Gasteiger partial charge in [-0.15, -0.1) is 0 Å². The van der Waals surface area contributed by atoms with E-state index in [0.29, 0.717) is 13.1 Å². The molecule has 20 heavy (non-hydrogen) atoms. The van der Waals surface area contributed by atoms with Gasteiger partial charge in [0.2, 0.25) is 20.0 Å². The molecule has 0 unspecified atom stereocenters. The van der Waals surface area contributed by atoms with Gasteiger partial charge in [-0.3, -0.25) is 0 Å². The van der Waals surface area contributed by atoms with Crippen molar-refractivity contribution in [1.29, 1.82) is 0 Å². The molecule has 0 radical (unpaired) electrons. The molecule has 0 spiro atoms. The van der Waals surface area contributed by atoms with Crippen LogP contribution < -0.4 is 5.14 Å². The smallest absolute Gasteiger partial charge is 0.225 e. The van der Waals surface area contributed by atoms with Crippen molar-refractivity contribution in [2.75, 3.05) is 13.1 Å². The third kappa shape index (κ3) is 4.02. The standard InChI is InChI=1S/C12H20N2O4S2/c1-3-5-9-14(4-2)20(17,18)12-8-6-7-11(10-12)19(13,15)16/h6-8,10H,3-5,9H2,1-2H3,(H2,13,15,16). The number of rotatable bonds is 7. The average molecular weight is 320 g/mol. The summed E-state index contributed by atoms with van der Waals surface area (Å²) in [5.41, 5.74) is 0. The van der Waals surface area contributed by atoms with E-state index in [4.69, 9.17) is 5.14 Å². The number of sulfonamides is 2. The Morgan fingerprint density at radius 2 is 1.70 bits per heavy atom. The van der Waals surface area contributed by atoms with E-state index in [-0.39, 0.29) is 9.79 Å². The summed E-state index contributed by atoms with van der Waals surface area (Å²) in [7, 11) is -7.61. The molecule has 1 rings (SSSR count). The van der Waals surface area contributed by atoms with E-state index >= 15 is 0 Å². The van der Waals surface area contributed by atoms with Gasteiger partial charge in [-0.25, -0.2) is 22.0 Å². The summed E-state index contributed by atoms with van der Waals surface area (Å²) in [5.74, 6) is 0. The van der Waals surface area contributed by atoms with E-state index in [1.807, 2.05) is 6.92 Å². The van der Waals surface area contributed by atoms with Gasteiger partial charge in [-0.2, -0.15) is 4.31 Å². The molecule has 8 heteroatoms. The van der Waals surface area contributed by atoms with Gasteiger partial charge >= 0.3 is 0 Å². The molecule has 0 aromatic heterocycles. The highest BCUT2D eigenvalue weighted by atomic mass is 32.2. The number of nitrogens with two attached hydrogens (primary N) is 1. The average Bonchev–Trinajstić information content (AvgIpc) is 2.38. The molecule has 0 bridgehead atoms. The van der Waals surface area contributed by atoms with E-state index in [0.717, 1.165) is 18.9 Å². The largest absolute Gasteiger partial charge is 0.243 e. The molecule has 0 aliphatic heterocycles. The third-order valence-corrected chi connectivity index (χ3v) is 5.77. The fourth-order valence-electron chi connectivity index (χ4n) is 1.74. The summed E-state index contributed by atoms with van der Waals surface area (Å²) in [6.45, 7) is 4.47. The minimum absolute atomic E-state index is 0.0537. The molecule has 1 aromatic rings. The van der Waals surface area contributed by atoms with Crippen LogP contribution in [0.1, 0.15) is 26.7 Å². The first-order chi connectivity index (χ1) is 9.23. The highest BCUT2D eigenvalue weighted by molar-refractivity contribution is 7.90. The maximum atomic E-state index is 12.4. The maximum Gasteiger partial charge on any atom is 0.243 e. The van der Waals surface area contributed by atoms with Crippen LogP contribution in [0.3, 0.4) is 0 Å². The van der Waals surface area contributed by atoms with Crippen molar-refractivity contribution in [1.82, 2.24) is 4.31 Å². The summed E-state index contributed by atoms with van der Waals surface area (Å²) >= 11 is 0. The van der Waals surface area contributed by atoms with E-state index in [1.165, 1.54) is 22.5 Å². The molecule has 0 saturated carbocycles. The molecule has 6 nitrogen and oxygen atoms in total. The molecule has 0 atom stereocenters. The Morgan fingerprint density at radius 1 is 1.10 bits per heavy atom. The lowest BCUT2D eigenvalue weighted by atomic mass is 10.3. The topological polar surface area (TPSA) is 97.5 Å². The van der Waals surface area contributed by atoms with E-state index in [1.54, 1.807) is 6.92 Å². The van der Waals surface area contributed by atoms with Crippen molar-refractivity contribution in [3.05, 3.63) is 24.3 Å². The van der Waals surface area contributed by atoms with Crippen LogP contribution in [0.25, 0.3) is 0 Å². The van der Waals surface area contributed by atoms with Crippen molar-refractivity contribution >= 4 is 20.0 Å². The highest BCUT2D eigenvalue weighted by Crippen LogP contribution is 2.19. The molecule has 2 N–H and O–H groups in total. The zero-order valence-corrected chi connectivity index (χ0v) is 13.2. The molecule has 0 amide bonds. The van der Waals surface area contributed by atoms with Gasteiger partial charge in [-0.05, 0) is 24.6 Å². The lowest BCUT2D eigenvalue weighted by Gasteiger charge is -2.20. The van der Waals surface area contributed by atoms with Gasteiger partial charge in [0, 0.05) is 13.1 Å². The van der Waals surface area contributed by atoms with Gasteiger partial charge in [0.1, 0.15) is 0 Å². The third-order valence-electron chi connectivity index (χ3n) is 2.89. The van der Waals surface area contributed by atoms with Crippen LogP contribution in [0, 0.1) is 0 Å². The highest BCUT2D eigenvalue weighted by Gasteiger charge is 2.23. The quantitative estimate of drug-likeness (QED) is 0.814. The molecular weight excluding hydrogens is 300 g/mol. The van der Waals surface area contributed by atoms with Crippen LogP contribution in [0.2, 0.25) is 0 Å². The fourth-order valence-corrected chi connectivity index (χ4v) is 3.91. The number of unbranched alkanes of at least 4 members (excludes halogenated alkanes) is 1. The van der Waals surface area contributed by atoms with Crippen LogP contribution >= 0.6 is 0 Å². The minimum Gasteiger partial charge on any atom is -0.225 e. The Morgan fingerprint density at radius 3 is 2.20 bits per heavy atom. The maximum absolute atomic E-state index is 12.4. The van der Waals surface area contributed by atoms with Crippen molar-refractivity contribution in [2.24, 2.45) is 5.14 Å². The van der Waals surface area contributed by atoms with Crippen LogP contribution in [-0.4, -0.2) is 34.2 Å². The van der Waals surface area contributed by atoms with Crippen molar-refractivity contribution in [2.45, 2.75) is 36.5 Å². The second kappa shape index (κ2) is 6.66. The SMILES string of the molecule is CCCCN(CC)S(=O)(=O)c1cccc(S(N)(=O)=O)c1. The Kier molecular flexibility index (Phi) is 5.69. The Bertz CT molecular complexity index is 654. The van der Waals surface area contributed by atoms with Crippen molar-refractivity contribution in [3.8, 4) is 0 Å². The zero-order chi connectivity index (χ0) is 15.4. The summed E-state index contributed by atoms with van der Waals surface area (Å²) in [4.78, 5) is -0.257. The van der Waals surface area contributed by atoms with Gasteiger partial charge in [0.25, 0.3) is 0 Å². The molecule has 0 heterocycles. The minimum atomic E-state index is -3.92. The van der Waals surface area contributed by atoms with E-state index in [9.17, 15) is 16.8 Å². The summed E-state index contributed by atoms with van der Waals surface area (Å²) in [5, 5.41) is 5.02. The molecule has 0 aliphatic rings. The molecule has 114 valence electrons. The van der Waals surface area contributed by atoms with Crippen LogP contribution in [-0.2, 0) is 20.0 Å².